The summed E-state index contributed by atoms with van der Waals surface area (Å²) in [4.78, 5) is 11.7. The van der Waals surface area contributed by atoms with E-state index in [1.165, 1.54) is 12.1 Å². The standard InChI is InChI=1S/C11H13N5O2/c12-9-2-1-8(7-10(9)17)11(18)13-3-5-16-6-4-14-15-16/h1-2,4,6-7,17H,3,5,12H2,(H,13,18). The van der Waals surface area contributed by atoms with Crippen LogP contribution in [0.15, 0.2) is 30.6 Å². The third-order valence-corrected chi connectivity index (χ3v) is 2.39. The maximum atomic E-state index is 11.7. The number of nitrogen functional groups attached to an aromatic ring is 1. The lowest BCUT2D eigenvalue weighted by atomic mass is 10.2. The lowest BCUT2D eigenvalue weighted by molar-refractivity contribution is 0.0951. The number of nitrogens with two attached hydrogens (primary N) is 1. The van der Waals surface area contributed by atoms with Gasteiger partial charge in [-0.15, -0.1) is 5.10 Å². The van der Waals surface area contributed by atoms with Crippen LogP contribution >= 0.6 is 0 Å². The first kappa shape index (κ1) is 11.9. The van der Waals surface area contributed by atoms with Gasteiger partial charge in [0.15, 0.2) is 0 Å². The molecule has 7 heteroatoms. The minimum absolute atomic E-state index is 0.0982. The molecule has 1 amide bonds. The van der Waals surface area contributed by atoms with Crippen molar-refractivity contribution in [3.05, 3.63) is 36.2 Å². The van der Waals surface area contributed by atoms with Crippen LogP contribution in [0, 0.1) is 0 Å². The fourth-order valence-electron chi connectivity index (χ4n) is 1.42. The Labute approximate surface area is 103 Å². The third-order valence-electron chi connectivity index (χ3n) is 2.39. The van der Waals surface area contributed by atoms with Crippen molar-refractivity contribution in [2.75, 3.05) is 12.3 Å². The summed E-state index contributed by atoms with van der Waals surface area (Å²) in [5, 5.41) is 19.5. The van der Waals surface area contributed by atoms with Gasteiger partial charge in [0.05, 0.1) is 18.4 Å². The summed E-state index contributed by atoms with van der Waals surface area (Å²) in [5.74, 6) is -0.371. The molecule has 2 rings (SSSR count). The van der Waals surface area contributed by atoms with Crippen molar-refractivity contribution in [3.8, 4) is 5.75 Å². The number of nitrogens with zero attached hydrogens (tertiary/aromatic N) is 3. The number of aromatic hydroxyl groups is 1. The molecule has 0 bridgehead atoms. The van der Waals surface area contributed by atoms with Gasteiger partial charge in [-0.25, -0.2) is 0 Å². The average molecular weight is 247 g/mol. The lowest BCUT2D eigenvalue weighted by Gasteiger charge is -2.06. The first-order valence-electron chi connectivity index (χ1n) is 5.37. The number of aromatic nitrogens is 3. The second-order valence-electron chi connectivity index (χ2n) is 3.70. The number of phenols is 1. The van der Waals surface area contributed by atoms with Crippen LogP contribution < -0.4 is 11.1 Å². The van der Waals surface area contributed by atoms with Crippen LogP contribution in [-0.4, -0.2) is 32.6 Å². The summed E-state index contributed by atoms with van der Waals surface area (Å²) >= 11 is 0. The molecule has 18 heavy (non-hydrogen) atoms. The van der Waals surface area contributed by atoms with Gasteiger partial charge < -0.3 is 16.2 Å². The van der Waals surface area contributed by atoms with E-state index in [9.17, 15) is 9.90 Å². The summed E-state index contributed by atoms with van der Waals surface area (Å²) in [6.45, 7) is 0.958. The van der Waals surface area contributed by atoms with Crippen LogP contribution in [0.2, 0.25) is 0 Å². The van der Waals surface area contributed by atoms with Gasteiger partial charge in [-0.05, 0) is 18.2 Å². The number of hydrogen-bond acceptors (Lipinski definition) is 5. The number of carbonyl (C=O) groups excluding carboxylic acids is 1. The molecule has 0 aliphatic carbocycles. The maximum absolute atomic E-state index is 11.7. The van der Waals surface area contributed by atoms with Crippen molar-refractivity contribution in [1.82, 2.24) is 20.3 Å². The van der Waals surface area contributed by atoms with Crippen molar-refractivity contribution in [1.29, 1.82) is 0 Å². The van der Waals surface area contributed by atoms with Gasteiger partial charge in [0.25, 0.3) is 5.91 Å². The van der Waals surface area contributed by atoms with Gasteiger partial charge >= 0.3 is 0 Å². The highest BCUT2D eigenvalue weighted by molar-refractivity contribution is 5.95. The topological polar surface area (TPSA) is 106 Å². The SMILES string of the molecule is Nc1ccc(C(=O)NCCn2ccnn2)cc1O. The highest BCUT2D eigenvalue weighted by Gasteiger charge is 2.07. The van der Waals surface area contributed by atoms with E-state index < -0.39 is 0 Å². The quantitative estimate of drug-likeness (QED) is 0.520. The van der Waals surface area contributed by atoms with E-state index in [2.05, 4.69) is 15.6 Å². The van der Waals surface area contributed by atoms with E-state index >= 15 is 0 Å². The number of phenolic OH excluding ortho intramolecular Hbond substituents is 1. The Hall–Kier alpha value is -2.57. The Bertz CT molecular complexity index is 538. The Kier molecular flexibility index (Phi) is 3.42. The van der Waals surface area contributed by atoms with E-state index in [1.54, 1.807) is 23.1 Å². The highest BCUT2D eigenvalue weighted by Crippen LogP contribution is 2.20. The summed E-state index contributed by atoms with van der Waals surface area (Å²) in [6, 6.07) is 4.38. The highest BCUT2D eigenvalue weighted by atomic mass is 16.3. The molecule has 0 atom stereocenters. The fraction of sp³-hybridized carbons (Fsp3) is 0.182. The van der Waals surface area contributed by atoms with Gasteiger partial charge in [-0.1, -0.05) is 5.21 Å². The smallest absolute Gasteiger partial charge is 0.251 e. The van der Waals surface area contributed by atoms with Gasteiger partial charge in [0, 0.05) is 18.3 Å². The van der Waals surface area contributed by atoms with Crippen LogP contribution in [0.25, 0.3) is 0 Å². The van der Waals surface area contributed by atoms with E-state index in [4.69, 9.17) is 5.73 Å². The summed E-state index contributed by atoms with van der Waals surface area (Å²) in [6.07, 6.45) is 3.28. The first-order chi connectivity index (χ1) is 8.66. The second-order valence-corrected chi connectivity index (χ2v) is 3.70. The van der Waals surface area contributed by atoms with Gasteiger partial charge in [0.2, 0.25) is 0 Å². The van der Waals surface area contributed by atoms with Crippen LogP contribution in [0.4, 0.5) is 5.69 Å². The predicted molar refractivity (Wildman–Crippen MR) is 64.9 cm³/mol. The van der Waals surface area contributed by atoms with E-state index in [1.807, 2.05) is 0 Å². The van der Waals surface area contributed by atoms with Crippen molar-refractivity contribution < 1.29 is 9.90 Å². The van der Waals surface area contributed by atoms with E-state index in [0.29, 0.717) is 18.7 Å². The van der Waals surface area contributed by atoms with Crippen LogP contribution in [-0.2, 0) is 6.54 Å². The van der Waals surface area contributed by atoms with Gasteiger partial charge in [0.1, 0.15) is 5.75 Å². The molecule has 0 unspecified atom stereocenters. The van der Waals surface area contributed by atoms with Crippen molar-refractivity contribution in [3.63, 3.8) is 0 Å². The molecule has 1 aromatic heterocycles. The number of amides is 1. The Morgan fingerprint density at radius 1 is 1.50 bits per heavy atom. The molecule has 0 saturated heterocycles. The predicted octanol–water partition coefficient (Wildman–Crippen LogP) is -0.00410. The maximum Gasteiger partial charge on any atom is 0.251 e. The Balaban J connectivity index is 1.89. The van der Waals surface area contributed by atoms with Crippen molar-refractivity contribution >= 4 is 11.6 Å². The largest absolute Gasteiger partial charge is 0.506 e. The zero-order valence-corrected chi connectivity index (χ0v) is 9.58. The molecular weight excluding hydrogens is 234 g/mol. The van der Waals surface area contributed by atoms with Crippen molar-refractivity contribution in [2.24, 2.45) is 0 Å². The average Bonchev–Trinajstić information content (AvgIpc) is 2.85. The first-order valence-corrected chi connectivity index (χ1v) is 5.37. The molecule has 0 fully saturated rings. The normalized spacial score (nSPS) is 10.2. The lowest BCUT2D eigenvalue weighted by Crippen LogP contribution is -2.27. The molecule has 94 valence electrons. The van der Waals surface area contributed by atoms with E-state index in [-0.39, 0.29) is 17.3 Å². The minimum Gasteiger partial charge on any atom is -0.506 e. The molecule has 0 aliphatic rings. The molecule has 7 nitrogen and oxygen atoms in total. The zero-order valence-electron chi connectivity index (χ0n) is 9.58. The zero-order chi connectivity index (χ0) is 13.0. The van der Waals surface area contributed by atoms with Crippen LogP contribution in [0.3, 0.4) is 0 Å². The molecule has 0 spiro atoms. The van der Waals surface area contributed by atoms with Crippen LogP contribution in [0.1, 0.15) is 10.4 Å². The minimum atomic E-state index is -0.273. The van der Waals surface area contributed by atoms with Crippen molar-refractivity contribution in [2.45, 2.75) is 6.54 Å². The molecule has 2 aromatic rings. The van der Waals surface area contributed by atoms with Gasteiger partial charge in [-0.2, -0.15) is 0 Å². The number of rotatable bonds is 4. The molecule has 1 aromatic carbocycles. The number of hydrogen-bond donors (Lipinski definition) is 3. The monoisotopic (exact) mass is 247 g/mol. The number of anilines is 1. The molecule has 4 N–H and O–H groups in total. The molecule has 0 saturated carbocycles. The number of nitrogens with one attached hydrogen (secondary N) is 1. The summed E-state index contributed by atoms with van der Waals surface area (Å²) in [7, 11) is 0. The molecule has 0 aliphatic heterocycles. The molecule has 0 radical (unpaired) electrons. The van der Waals surface area contributed by atoms with Crippen LogP contribution in [0.5, 0.6) is 5.75 Å². The van der Waals surface area contributed by atoms with Gasteiger partial charge in [-0.3, -0.25) is 9.48 Å². The Morgan fingerprint density at radius 2 is 2.33 bits per heavy atom. The number of benzene rings is 1. The van der Waals surface area contributed by atoms with E-state index in [0.717, 1.165) is 0 Å². The molecule has 1 heterocycles. The number of carbonyl (C=O) groups is 1. The Morgan fingerprint density at radius 3 is 3.00 bits per heavy atom. The summed E-state index contributed by atoms with van der Waals surface area (Å²) in [5.41, 5.74) is 6.06. The second kappa shape index (κ2) is 5.17. The summed E-state index contributed by atoms with van der Waals surface area (Å²) < 4.78 is 1.61. The molecular formula is C11H13N5O2. The third kappa shape index (κ3) is 2.76. The fourth-order valence-corrected chi connectivity index (χ4v) is 1.42.